The van der Waals surface area contributed by atoms with Gasteiger partial charge in [0.15, 0.2) is 12.2 Å². The van der Waals surface area contributed by atoms with E-state index in [2.05, 4.69) is 5.32 Å². The smallest absolute Gasteiger partial charge is 0.312 e. The van der Waals surface area contributed by atoms with E-state index in [-0.39, 0.29) is 56.2 Å². The molecule has 240 valence electrons. The third-order valence-corrected chi connectivity index (χ3v) is 11.3. The molecule has 2 aliphatic rings. The van der Waals surface area contributed by atoms with Crippen LogP contribution in [0.15, 0.2) is 53.4 Å². The standard InChI is InChI=1S/C31H32Cl2FN3O7S/c1-17-22(33)9-10-23-28(17)31(21-13-18(32)7-11-25(21)43-5,37(3)16-19(34)14-24(37)29(38)35-2)30(39)36(23)45(40,41)27-12-8-20(42-4)15-26(27)44-6/h7-13,15,19,24H,14,16H2,1-6H3/p+1/t19-,24+,31?,37?/m1/s1. The highest BCUT2D eigenvalue weighted by Gasteiger charge is 2.72. The van der Waals surface area contributed by atoms with Gasteiger partial charge in [-0.2, -0.15) is 4.31 Å². The van der Waals surface area contributed by atoms with Crippen molar-refractivity contribution in [3.05, 3.63) is 75.3 Å². The Kier molecular flexibility index (Phi) is 8.49. The summed E-state index contributed by atoms with van der Waals surface area (Å²) in [6.45, 7) is 1.33. The second-order valence-corrected chi connectivity index (χ2v) is 13.7. The molecule has 0 aromatic heterocycles. The second kappa shape index (κ2) is 11.7. The predicted molar refractivity (Wildman–Crippen MR) is 168 cm³/mol. The molecule has 14 heteroatoms. The highest BCUT2D eigenvalue weighted by Crippen LogP contribution is 2.59. The zero-order chi connectivity index (χ0) is 33.1. The van der Waals surface area contributed by atoms with Crippen LogP contribution in [-0.4, -0.2) is 78.9 Å². The Morgan fingerprint density at radius 2 is 1.73 bits per heavy atom. The maximum Gasteiger partial charge on any atom is 0.312 e. The van der Waals surface area contributed by atoms with Crippen molar-refractivity contribution in [2.24, 2.45) is 0 Å². The first-order chi connectivity index (χ1) is 21.2. The number of carbonyl (C=O) groups excluding carboxylic acids is 2. The Balaban J connectivity index is 1.97. The number of carbonyl (C=O) groups is 2. The molecule has 2 heterocycles. The maximum absolute atomic E-state index is 15.7. The van der Waals surface area contributed by atoms with E-state index in [0.717, 1.165) is 0 Å². The van der Waals surface area contributed by atoms with Gasteiger partial charge >= 0.3 is 5.91 Å². The van der Waals surface area contributed by atoms with Crippen molar-refractivity contribution in [2.45, 2.75) is 36.0 Å². The van der Waals surface area contributed by atoms with E-state index < -0.39 is 44.1 Å². The fourth-order valence-corrected chi connectivity index (χ4v) is 8.86. The molecule has 0 aliphatic carbocycles. The molecule has 3 aromatic carbocycles. The van der Waals surface area contributed by atoms with Crippen LogP contribution in [0, 0.1) is 6.92 Å². The molecule has 3 aromatic rings. The van der Waals surface area contributed by atoms with E-state index in [4.69, 9.17) is 37.4 Å². The van der Waals surface area contributed by atoms with Crippen molar-refractivity contribution < 1.29 is 41.1 Å². The summed E-state index contributed by atoms with van der Waals surface area (Å²) in [5, 5.41) is 3.03. The molecule has 1 fully saturated rings. The van der Waals surface area contributed by atoms with Crippen LogP contribution in [0.2, 0.25) is 10.0 Å². The lowest BCUT2D eigenvalue weighted by molar-refractivity contribution is -0.953. The molecule has 5 rings (SSSR count). The number of nitrogens with one attached hydrogen (secondary N) is 1. The summed E-state index contributed by atoms with van der Waals surface area (Å²) in [7, 11) is 2.36. The number of alkyl halides is 1. The van der Waals surface area contributed by atoms with Crippen LogP contribution >= 0.6 is 23.2 Å². The molecule has 2 amide bonds. The highest BCUT2D eigenvalue weighted by atomic mass is 35.5. The van der Waals surface area contributed by atoms with Crippen molar-refractivity contribution in [2.75, 3.05) is 46.3 Å². The zero-order valence-corrected chi connectivity index (χ0v) is 27.8. The highest BCUT2D eigenvalue weighted by molar-refractivity contribution is 7.93. The number of sulfonamides is 1. The number of hydrogen-bond acceptors (Lipinski definition) is 7. The van der Waals surface area contributed by atoms with Gasteiger partial charge in [-0.15, -0.1) is 0 Å². The van der Waals surface area contributed by atoms with Crippen molar-refractivity contribution in [3.63, 3.8) is 0 Å². The SMILES string of the molecule is CNC(=O)[C@@H]1C[C@@H](F)C[N+]1(C)C1(c2cc(Cl)ccc2OC)C(=O)N(S(=O)(=O)c2ccc(OC)cc2OC)c2ccc(Cl)c(C)c21. The third kappa shape index (κ3) is 4.64. The normalized spacial score (nSPS) is 24.4. The first-order valence-electron chi connectivity index (χ1n) is 13.9. The van der Waals surface area contributed by atoms with E-state index in [0.29, 0.717) is 15.6 Å². The van der Waals surface area contributed by atoms with Crippen molar-refractivity contribution in [1.29, 1.82) is 0 Å². The molecule has 0 saturated carbocycles. The number of fused-ring (bicyclic) bond motifs is 1. The molecule has 4 atom stereocenters. The lowest BCUT2D eigenvalue weighted by Gasteiger charge is -2.49. The number of nitrogens with zero attached hydrogens (tertiary/aromatic N) is 2. The third-order valence-electron chi connectivity index (χ3n) is 8.95. The lowest BCUT2D eigenvalue weighted by Crippen LogP contribution is -2.69. The number of anilines is 1. The molecule has 1 N–H and O–H groups in total. The summed E-state index contributed by atoms with van der Waals surface area (Å²) in [6, 6.07) is 10.5. The van der Waals surface area contributed by atoms with Crippen LogP contribution in [0.1, 0.15) is 23.1 Å². The van der Waals surface area contributed by atoms with E-state index in [1.165, 1.54) is 64.8 Å². The van der Waals surface area contributed by atoms with Crippen LogP contribution in [0.5, 0.6) is 17.2 Å². The molecule has 0 radical (unpaired) electrons. The molecule has 1 saturated heterocycles. The van der Waals surface area contributed by atoms with Crippen molar-refractivity contribution >= 4 is 50.7 Å². The Bertz CT molecular complexity index is 1820. The molecule has 2 unspecified atom stereocenters. The Labute approximate surface area is 271 Å². The van der Waals surface area contributed by atoms with Gasteiger partial charge < -0.3 is 19.5 Å². The Morgan fingerprint density at radius 1 is 1.04 bits per heavy atom. The first kappa shape index (κ1) is 32.8. The fraction of sp³-hybridized carbons (Fsp3) is 0.355. The quantitative estimate of drug-likeness (QED) is 0.346. The number of halogens is 3. The fourth-order valence-electron chi connectivity index (χ4n) is 6.94. The number of hydrogen-bond donors (Lipinski definition) is 1. The number of likely N-dealkylation sites (N-methyl/N-ethyl adjacent to an activating group) is 2. The minimum atomic E-state index is -4.74. The van der Waals surface area contributed by atoms with Gasteiger partial charge in [-0.1, -0.05) is 23.2 Å². The van der Waals surface area contributed by atoms with Gasteiger partial charge in [0.25, 0.3) is 15.9 Å². The van der Waals surface area contributed by atoms with Gasteiger partial charge in [0.1, 0.15) is 28.7 Å². The molecular formula is C31H33Cl2FN3O7S+. The summed E-state index contributed by atoms with van der Waals surface area (Å²) in [5.41, 5.74) is -1.40. The lowest BCUT2D eigenvalue weighted by atomic mass is 9.77. The van der Waals surface area contributed by atoms with Crippen molar-refractivity contribution in [3.8, 4) is 17.2 Å². The molecule has 0 spiro atoms. The predicted octanol–water partition coefficient (Wildman–Crippen LogP) is 4.61. The average Bonchev–Trinajstić information content (AvgIpc) is 3.49. The summed E-state index contributed by atoms with van der Waals surface area (Å²) in [5.74, 6) is -1.05. The second-order valence-electron chi connectivity index (χ2n) is 11.1. The van der Waals surface area contributed by atoms with E-state index >= 15 is 9.18 Å². The summed E-state index contributed by atoms with van der Waals surface area (Å²) >= 11 is 13.2. The van der Waals surface area contributed by atoms with Crippen LogP contribution < -0.4 is 23.8 Å². The first-order valence-corrected chi connectivity index (χ1v) is 16.1. The average molecular weight is 682 g/mol. The molecule has 45 heavy (non-hydrogen) atoms. The van der Waals surface area contributed by atoms with Gasteiger partial charge in [-0.3, -0.25) is 14.1 Å². The van der Waals surface area contributed by atoms with Crippen LogP contribution in [0.25, 0.3) is 0 Å². The van der Waals surface area contributed by atoms with E-state index in [1.807, 2.05) is 0 Å². The van der Waals surface area contributed by atoms with Gasteiger partial charge in [0.2, 0.25) is 5.54 Å². The minimum Gasteiger partial charge on any atom is -0.497 e. The molecule has 10 nitrogen and oxygen atoms in total. The number of ether oxygens (including phenoxy) is 3. The van der Waals surface area contributed by atoms with E-state index in [9.17, 15) is 13.2 Å². The zero-order valence-electron chi connectivity index (χ0n) is 25.5. The number of likely N-dealkylation sites (tertiary alicyclic amines) is 1. The number of methoxy groups -OCH3 is 3. The van der Waals surface area contributed by atoms with Gasteiger partial charge in [0, 0.05) is 29.6 Å². The Morgan fingerprint density at radius 3 is 2.36 bits per heavy atom. The molecule has 2 aliphatic heterocycles. The van der Waals surface area contributed by atoms with Gasteiger partial charge in [-0.25, -0.2) is 12.8 Å². The number of rotatable bonds is 8. The van der Waals surface area contributed by atoms with Crippen molar-refractivity contribution in [1.82, 2.24) is 5.32 Å². The largest absolute Gasteiger partial charge is 0.497 e. The van der Waals surface area contributed by atoms with Crippen LogP contribution in [-0.2, 0) is 25.2 Å². The number of amides is 2. The topological polar surface area (TPSA) is 111 Å². The monoisotopic (exact) mass is 680 g/mol. The summed E-state index contributed by atoms with van der Waals surface area (Å²) < 4.78 is 61.6. The number of benzene rings is 3. The van der Waals surface area contributed by atoms with E-state index in [1.54, 1.807) is 26.1 Å². The molecule has 0 bridgehead atoms. The Hall–Kier alpha value is -3.58. The number of quaternary nitrogens is 1. The van der Waals surface area contributed by atoms with Gasteiger partial charge in [0.05, 0.1) is 45.2 Å². The molecular weight excluding hydrogens is 648 g/mol. The minimum absolute atomic E-state index is 0.0147. The van der Waals surface area contributed by atoms with Crippen LogP contribution in [0.3, 0.4) is 0 Å². The van der Waals surface area contributed by atoms with Gasteiger partial charge in [-0.05, 0) is 55.0 Å². The van der Waals surface area contributed by atoms with Crippen LogP contribution in [0.4, 0.5) is 10.1 Å². The summed E-state index contributed by atoms with van der Waals surface area (Å²) in [6.07, 6.45) is -1.73. The maximum atomic E-state index is 15.7. The summed E-state index contributed by atoms with van der Waals surface area (Å²) in [4.78, 5) is 28.7.